The molecule has 1 N–H and O–H groups in total. The molecule has 1 aliphatic rings. The van der Waals surface area contributed by atoms with Gasteiger partial charge in [-0.05, 0) is 34.6 Å². The monoisotopic (exact) mass is 184 g/mol. The Balaban J connectivity index is 2.84. The fraction of sp³-hybridized carbons (Fsp3) is 0.900. The molecule has 13 heavy (non-hydrogen) atoms. The van der Waals surface area contributed by atoms with E-state index in [4.69, 9.17) is 0 Å². The Morgan fingerprint density at radius 2 is 1.92 bits per heavy atom. The van der Waals surface area contributed by atoms with Crippen molar-refractivity contribution in [2.24, 2.45) is 0 Å². The molecule has 1 saturated heterocycles. The SMILES string of the molecule is CC1(C)NCCN(C(C)(C)C)C1=O. The van der Waals surface area contributed by atoms with Crippen LogP contribution in [0.25, 0.3) is 0 Å². The molecule has 3 heteroatoms. The maximum atomic E-state index is 12.0. The molecule has 0 spiro atoms. The van der Waals surface area contributed by atoms with Crippen molar-refractivity contribution < 1.29 is 4.79 Å². The number of amides is 1. The smallest absolute Gasteiger partial charge is 0.242 e. The molecule has 1 amide bonds. The van der Waals surface area contributed by atoms with Gasteiger partial charge in [-0.1, -0.05) is 0 Å². The van der Waals surface area contributed by atoms with Crippen LogP contribution in [-0.4, -0.2) is 35.0 Å². The van der Waals surface area contributed by atoms with Gasteiger partial charge in [0.15, 0.2) is 0 Å². The van der Waals surface area contributed by atoms with Gasteiger partial charge in [-0.3, -0.25) is 4.79 Å². The van der Waals surface area contributed by atoms with E-state index in [1.165, 1.54) is 0 Å². The third kappa shape index (κ3) is 2.02. The quantitative estimate of drug-likeness (QED) is 0.609. The molecular weight excluding hydrogens is 164 g/mol. The molecule has 0 aromatic carbocycles. The topological polar surface area (TPSA) is 32.3 Å². The Kier molecular flexibility index (Phi) is 2.41. The van der Waals surface area contributed by atoms with Crippen molar-refractivity contribution >= 4 is 5.91 Å². The average molecular weight is 184 g/mol. The van der Waals surface area contributed by atoms with Crippen LogP contribution in [0.5, 0.6) is 0 Å². The van der Waals surface area contributed by atoms with Gasteiger partial charge in [-0.25, -0.2) is 0 Å². The Morgan fingerprint density at radius 3 is 2.31 bits per heavy atom. The summed E-state index contributed by atoms with van der Waals surface area (Å²) in [6, 6.07) is 0. The first-order valence-electron chi connectivity index (χ1n) is 4.82. The van der Waals surface area contributed by atoms with Gasteiger partial charge in [-0.15, -0.1) is 0 Å². The third-order valence-corrected chi connectivity index (χ3v) is 2.49. The van der Waals surface area contributed by atoms with Gasteiger partial charge in [0.25, 0.3) is 0 Å². The maximum absolute atomic E-state index is 12.0. The number of nitrogens with one attached hydrogen (secondary N) is 1. The molecule has 76 valence electrons. The lowest BCUT2D eigenvalue weighted by atomic mass is 9.95. The number of hydrogen-bond donors (Lipinski definition) is 1. The average Bonchev–Trinajstić information content (AvgIpc) is 1.92. The van der Waals surface area contributed by atoms with Crippen LogP contribution in [0.4, 0.5) is 0 Å². The third-order valence-electron chi connectivity index (χ3n) is 2.49. The van der Waals surface area contributed by atoms with E-state index in [0.29, 0.717) is 0 Å². The largest absolute Gasteiger partial charge is 0.335 e. The zero-order valence-electron chi connectivity index (χ0n) is 9.27. The Hall–Kier alpha value is -0.570. The lowest BCUT2D eigenvalue weighted by Crippen LogP contribution is -2.65. The minimum Gasteiger partial charge on any atom is -0.335 e. The lowest BCUT2D eigenvalue weighted by Gasteiger charge is -2.45. The Labute approximate surface area is 80.5 Å². The summed E-state index contributed by atoms with van der Waals surface area (Å²) in [5.41, 5.74) is -0.456. The number of nitrogens with zero attached hydrogens (tertiary/aromatic N) is 1. The van der Waals surface area contributed by atoms with Gasteiger partial charge in [-0.2, -0.15) is 0 Å². The van der Waals surface area contributed by atoms with E-state index in [0.717, 1.165) is 13.1 Å². The van der Waals surface area contributed by atoms with E-state index < -0.39 is 5.54 Å². The molecule has 1 heterocycles. The first kappa shape index (κ1) is 10.5. The van der Waals surface area contributed by atoms with Crippen LogP contribution in [0.2, 0.25) is 0 Å². The van der Waals surface area contributed by atoms with Crippen LogP contribution >= 0.6 is 0 Å². The van der Waals surface area contributed by atoms with E-state index >= 15 is 0 Å². The van der Waals surface area contributed by atoms with Gasteiger partial charge >= 0.3 is 0 Å². The first-order valence-corrected chi connectivity index (χ1v) is 4.82. The summed E-state index contributed by atoms with van der Waals surface area (Å²) in [5.74, 6) is 0.200. The number of piperazine rings is 1. The van der Waals surface area contributed by atoms with Crippen LogP contribution in [0.15, 0.2) is 0 Å². The van der Waals surface area contributed by atoms with Crippen molar-refractivity contribution in [2.45, 2.75) is 45.7 Å². The molecule has 0 bridgehead atoms. The second-order valence-electron chi connectivity index (χ2n) is 5.18. The van der Waals surface area contributed by atoms with Crippen molar-refractivity contribution in [1.29, 1.82) is 0 Å². The molecule has 0 aromatic heterocycles. The number of carbonyl (C=O) groups excluding carboxylic acids is 1. The highest BCUT2D eigenvalue weighted by Crippen LogP contribution is 2.21. The predicted molar refractivity (Wildman–Crippen MR) is 53.5 cm³/mol. The number of carbonyl (C=O) groups is 1. The summed E-state index contributed by atoms with van der Waals surface area (Å²) in [4.78, 5) is 13.9. The standard InChI is InChI=1S/C10H20N2O/c1-9(2,3)12-7-6-11-10(4,5)8(12)13/h11H,6-7H2,1-5H3. The molecule has 0 radical (unpaired) electrons. The van der Waals surface area contributed by atoms with E-state index in [1.54, 1.807) is 0 Å². The summed E-state index contributed by atoms with van der Waals surface area (Å²) in [7, 11) is 0. The van der Waals surface area contributed by atoms with Crippen molar-refractivity contribution in [3.63, 3.8) is 0 Å². The molecule has 1 rings (SSSR count). The molecular formula is C10H20N2O. The fourth-order valence-corrected chi connectivity index (χ4v) is 1.63. The zero-order valence-corrected chi connectivity index (χ0v) is 9.27. The molecule has 0 atom stereocenters. The zero-order chi connectivity index (χ0) is 10.3. The number of hydrogen-bond acceptors (Lipinski definition) is 2. The van der Waals surface area contributed by atoms with Crippen LogP contribution in [0, 0.1) is 0 Å². The van der Waals surface area contributed by atoms with Crippen LogP contribution in [0.3, 0.4) is 0 Å². The van der Waals surface area contributed by atoms with E-state index in [2.05, 4.69) is 26.1 Å². The van der Waals surface area contributed by atoms with Crippen LogP contribution in [0.1, 0.15) is 34.6 Å². The second-order valence-corrected chi connectivity index (χ2v) is 5.18. The fourth-order valence-electron chi connectivity index (χ4n) is 1.63. The molecule has 1 aliphatic heterocycles. The Morgan fingerprint density at radius 1 is 1.38 bits per heavy atom. The summed E-state index contributed by atoms with van der Waals surface area (Å²) < 4.78 is 0. The molecule has 0 unspecified atom stereocenters. The van der Waals surface area contributed by atoms with Crippen molar-refractivity contribution in [3.8, 4) is 0 Å². The normalized spacial score (nSPS) is 23.5. The van der Waals surface area contributed by atoms with E-state index in [1.807, 2.05) is 18.7 Å². The van der Waals surface area contributed by atoms with Crippen LogP contribution in [-0.2, 0) is 4.79 Å². The maximum Gasteiger partial charge on any atom is 0.242 e. The van der Waals surface area contributed by atoms with Gasteiger partial charge in [0.2, 0.25) is 5.91 Å². The highest BCUT2D eigenvalue weighted by atomic mass is 16.2. The summed E-state index contributed by atoms with van der Waals surface area (Å²) in [6.07, 6.45) is 0. The molecule has 0 aliphatic carbocycles. The first-order chi connectivity index (χ1) is 5.75. The minimum atomic E-state index is -0.397. The minimum absolute atomic E-state index is 0.0591. The highest BCUT2D eigenvalue weighted by molar-refractivity contribution is 5.86. The van der Waals surface area contributed by atoms with Gasteiger partial charge in [0, 0.05) is 18.6 Å². The highest BCUT2D eigenvalue weighted by Gasteiger charge is 2.39. The summed E-state index contributed by atoms with van der Waals surface area (Å²) in [6.45, 7) is 11.8. The van der Waals surface area contributed by atoms with Crippen molar-refractivity contribution in [3.05, 3.63) is 0 Å². The van der Waals surface area contributed by atoms with Gasteiger partial charge < -0.3 is 10.2 Å². The van der Waals surface area contributed by atoms with Crippen molar-refractivity contribution in [2.75, 3.05) is 13.1 Å². The number of rotatable bonds is 0. The summed E-state index contributed by atoms with van der Waals surface area (Å²) >= 11 is 0. The summed E-state index contributed by atoms with van der Waals surface area (Å²) in [5, 5.41) is 3.22. The molecule has 1 fully saturated rings. The van der Waals surface area contributed by atoms with Crippen LogP contribution < -0.4 is 5.32 Å². The second kappa shape index (κ2) is 2.98. The molecule has 3 nitrogen and oxygen atoms in total. The van der Waals surface area contributed by atoms with Gasteiger partial charge in [0.05, 0.1) is 5.54 Å². The predicted octanol–water partition coefficient (Wildman–Crippen LogP) is 0.995. The van der Waals surface area contributed by atoms with E-state index in [-0.39, 0.29) is 11.4 Å². The van der Waals surface area contributed by atoms with Gasteiger partial charge in [0.1, 0.15) is 0 Å². The lowest BCUT2D eigenvalue weighted by molar-refractivity contribution is -0.145. The Bertz CT molecular complexity index is 215. The van der Waals surface area contributed by atoms with E-state index in [9.17, 15) is 4.79 Å². The van der Waals surface area contributed by atoms with Crippen molar-refractivity contribution in [1.82, 2.24) is 10.2 Å². The molecule has 0 aromatic rings. The molecule has 0 saturated carbocycles.